The van der Waals surface area contributed by atoms with E-state index in [0.717, 1.165) is 11.3 Å². The number of hydrogen-bond donors (Lipinski definition) is 1. The van der Waals surface area contributed by atoms with Gasteiger partial charge in [-0.3, -0.25) is 4.79 Å². The monoisotopic (exact) mass is 373 g/mol. The van der Waals surface area contributed by atoms with Crippen LogP contribution in [0, 0.1) is 0 Å². The Morgan fingerprint density at radius 2 is 1.85 bits per heavy atom. The number of rotatable bonds is 4. The van der Waals surface area contributed by atoms with Crippen molar-refractivity contribution >= 4 is 17.5 Å². The fourth-order valence-corrected chi connectivity index (χ4v) is 3.23. The molecule has 0 bridgehead atoms. The second-order valence-electron chi connectivity index (χ2n) is 7.70. The van der Waals surface area contributed by atoms with E-state index in [1.54, 1.807) is 38.1 Å². The maximum Gasteiger partial charge on any atom is 0.264 e. The molecule has 26 heavy (non-hydrogen) atoms. The first-order valence-corrected chi connectivity index (χ1v) is 9.08. The number of halogens is 1. The third-order valence-electron chi connectivity index (χ3n) is 4.42. The average Bonchev–Trinajstić information content (AvgIpc) is 2.55. The predicted octanol–water partition coefficient (Wildman–Crippen LogP) is 4.92. The number of fused-ring (bicyclic) bond motifs is 1. The summed E-state index contributed by atoms with van der Waals surface area (Å²) in [4.78, 5) is 12.9. The molecule has 1 aliphatic heterocycles. The first-order chi connectivity index (χ1) is 12.2. The van der Waals surface area contributed by atoms with E-state index in [-0.39, 0.29) is 17.6 Å². The lowest BCUT2D eigenvalue weighted by Gasteiger charge is -2.39. The van der Waals surface area contributed by atoms with E-state index in [9.17, 15) is 4.79 Å². The molecular formula is C21H24ClNO3. The number of benzene rings is 2. The molecule has 0 fully saturated rings. The number of hydrogen-bond acceptors (Lipinski definition) is 3. The lowest BCUT2D eigenvalue weighted by atomic mass is 9.89. The summed E-state index contributed by atoms with van der Waals surface area (Å²) in [5.41, 5.74) is -0.388. The highest BCUT2D eigenvalue weighted by atomic mass is 35.5. The Kier molecular flexibility index (Phi) is 4.89. The van der Waals surface area contributed by atoms with Crippen LogP contribution in [0.15, 0.2) is 48.5 Å². The number of ether oxygens (including phenoxy) is 2. The molecule has 0 saturated carbocycles. The summed E-state index contributed by atoms with van der Waals surface area (Å²) in [6, 6.07) is 14.7. The molecule has 1 amide bonds. The molecule has 0 aliphatic carbocycles. The summed E-state index contributed by atoms with van der Waals surface area (Å²) in [5, 5.41) is 3.76. The van der Waals surface area contributed by atoms with Gasteiger partial charge in [0.05, 0.1) is 6.04 Å². The number of carbonyl (C=O) groups excluding carboxylic acids is 1. The van der Waals surface area contributed by atoms with Gasteiger partial charge in [-0.05, 0) is 58.0 Å². The van der Waals surface area contributed by atoms with E-state index in [4.69, 9.17) is 21.1 Å². The Hall–Kier alpha value is -2.20. The van der Waals surface area contributed by atoms with Gasteiger partial charge in [-0.1, -0.05) is 29.8 Å². The van der Waals surface area contributed by atoms with Gasteiger partial charge in [0.2, 0.25) is 0 Å². The first-order valence-electron chi connectivity index (χ1n) is 8.70. The Morgan fingerprint density at radius 1 is 1.19 bits per heavy atom. The van der Waals surface area contributed by atoms with Crippen molar-refractivity contribution in [3.05, 3.63) is 59.1 Å². The first kappa shape index (κ1) is 18.6. The van der Waals surface area contributed by atoms with E-state index in [1.807, 2.05) is 38.1 Å². The summed E-state index contributed by atoms with van der Waals surface area (Å²) >= 11 is 5.90. The largest absolute Gasteiger partial charge is 0.487 e. The van der Waals surface area contributed by atoms with E-state index in [1.165, 1.54) is 0 Å². The summed E-state index contributed by atoms with van der Waals surface area (Å²) in [6.07, 6.45) is 0.687. The Morgan fingerprint density at radius 3 is 2.54 bits per heavy atom. The molecule has 2 aromatic carbocycles. The van der Waals surface area contributed by atoms with Crippen molar-refractivity contribution in [3.8, 4) is 11.5 Å². The van der Waals surface area contributed by atoms with Crippen LogP contribution in [0.2, 0.25) is 5.02 Å². The highest BCUT2D eigenvalue weighted by molar-refractivity contribution is 6.30. The summed E-state index contributed by atoms with van der Waals surface area (Å²) in [5.74, 6) is 1.23. The van der Waals surface area contributed by atoms with Crippen LogP contribution < -0.4 is 14.8 Å². The maximum atomic E-state index is 12.9. The van der Waals surface area contributed by atoms with Crippen molar-refractivity contribution in [1.29, 1.82) is 0 Å². The molecule has 0 radical (unpaired) electrons. The quantitative estimate of drug-likeness (QED) is 0.827. The van der Waals surface area contributed by atoms with Crippen molar-refractivity contribution in [1.82, 2.24) is 5.32 Å². The van der Waals surface area contributed by atoms with Crippen molar-refractivity contribution in [2.45, 2.75) is 51.4 Å². The number of amides is 1. The highest BCUT2D eigenvalue weighted by Crippen LogP contribution is 2.39. The van der Waals surface area contributed by atoms with Crippen molar-refractivity contribution in [3.63, 3.8) is 0 Å². The van der Waals surface area contributed by atoms with Gasteiger partial charge in [0, 0.05) is 17.0 Å². The van der Waals surface area contributed by atoms with Crippen molar-refractivity contribution < 1.29 is 14.3 Å². The average molecular weight is 374 g/mol. The molecule has 138 valence electrons. The number of para-hydroxylation sites is 1. The Bertz CT molecular complexity index is 799. The number of carbonyl (C=O) groups is 1. The molecule has 3 rings (SSSR count). The maximum absolute atomic E-state index is 12.9. The second-order valence-corrected chi connectivity index (χ2v) is 8.13. The van der Waals surface area contributed by atoms with Crippen LogP contribution in [0.3, 0.4) is 0 Å². The lowest BCUT2D eigenvalue weighted by molar-refractivity contribution is -0.135. The van der Waals surface area contributed by atoms with E-state index < -0.39 is 5.60 Å². The van der Waals surface area contributed by atoms with Crippen LogP contribution in [0.25, 0.3) is 0 Å². The van der Waals surface area contributed by atoms with Gasteiger partial charge in [0.1, 0.15) is 17.1 Å². The molecule has 2 aromatic rings. The SMILES string of the molecule is CC1(C)CC(NC(=O)C(C)(C)Oc2ccc(Cl)cc2)c2ccccc2O1. The van der Waals surface area contributed by atoms with Crippen LogP contribution >= 0.6 is 11.6 Å². The third kappa shape index (κ3) is 4.13. The molecule has 0 saturated heterocycles. The fraction of sp³-hybridized carbons (Fsp3) is 0.381. The van der Waals surface area contributed by atoms with Gasteiger partial charge in [-0.2, -0.15) is 0 Å². The van der Waals surface area contributed by atoms with E-state index >= 15 is 0 Å². The van der Waals surface area contributed by atoms with Gasteiger partial charge in [-0.15, -0.1) is 0 Å². The van der Waals surface area contributed by atoms with E-state index in [2.05, 4.69) is 5.32 Å². The molecule has 1 unspecified atom stereocenters. The lowest BCUT2D eigenvalue weighted by Crippen LogP contribution is -2.50. The molecule has 5 heteroatoms. The van der Waals surface area contributed by atoms with Gasteiger partial charge in [0.15, 0.2) is 5.60 Å². The fourth-order valence-electron chi connectivity index (χ4n) is 3.11. The molecule has 4 nitrogen and oxygen atoms in total. The molecule has 0 spiro atoms. The van der Waals surface area contributed by atoms with Crippen molar-refractivity contribution in [2.24, 2.45) is 0 Å². The minimum Gasteiger partial charge on any atom is -0.487 e. The molecule has 1 N–H and O–H groups in total. The summed E-state index contributed by atoms with van der Waals surface area (Å²) in [6.45, 7) is 7.57. The zero-order valence-electron chi connectivity index (χ0n) is 15.5. The topological polar surface area (TPSA) is 47.6 Å². The van der Waals surface area contributed by atoms with Gasteiger partial charge < -0.3 is 14.8 Å². The zero-order valence-corrected chi connectivity index (χ0v) is 16.3. The third-order valence-corrected chi connectivity index (χ3v) is 4.67. The molecule has 1 aliphatic rings. The summed E-state index contributed by atoms with van der Waals surface area (Å²) in [7, 11) is 0. The van der Waals surface area contributed by atoms with Crippen molar-refractivity contribution in [2.75, 3.05) is 0 Å². The van der Waals surface area contributed by atoms with Gasteiger partial charge in [-0.25, -0.2) is 0 Å². The second kappa shape index (κ2) is 6.84. The normalized spacial score (nSPS) is 18.4. The zero-order chi connectivity index (χ0) is 18.9. The Balaban J connectivity index is 1.77. The molecule has 0 aromatic heterocycles. The Labute approximate surface area is 159 Å². The molecular weight excluding hydrogens is 350 g/mol. The van der Waals surface area contributed by atoms with Gasteiger partial charge >= 0.3 is 0 Å². The standard InChI is InChI=1S/C21H24ClNO3/c1-20(2)13-17(16-7-5-6-8-18(16)26-20)23-19(24)21(3,4)25-15-11-9-14(22)10-12-15/h5-12,17H,13H2,1-4H3,(H,23,24). The smallest absolute Gasteiger partial charge is 0.264 e. The minimum absolute atomic E-state index is 0.129. The molecule has 1 heterocycles. The minimum atomic E-state index is -1.02. The summed E-state index contributed by atoms with van der Waals surface area (Å²) < 4.78 is 11.9. The van der Waals surface area contributed by atoms with E-state index in [0.29, 0.717) is 17.2 Å². The van der Waals surface area contributed by atoms with Gasteiger partial charge in [0.25, 0.3) is 5.91 Å². The van der Waals surface area contributed by atoms with Crippen LogP contribution in [-0.4, -0.2) is 17.1 Å². The van der Waals surface area contributed by atoms with Crippen LogP contribution in [0.5, 0.6) is 11.5 Å². The molecule has 1 atom stereocenters. The number of nitrogens with one attached hydrogen (secondary N) is 1. The van der Waals surface area contributed by atoms with Crippen LogP contribution in [0.4, 0.5) is 0 Å². The predicted molar refractivity (Wildman–Crippen MR) is 103 cm³/mol. The highest BCUT2D eigenvalue weighted by Gasteiger charge is 2.38. The van der Waals surface area contributed by atoms with Crippen LogP contribution in [0.1, 0.15) is 45.7 Å². The van der Waals surface area contributed by atoms with Crippen LogP contribution in [-0.2, 0) is 4.79 Å².